The third-order valence-electron chi connectivity index (χ3n) is 4.93. The van der Waals surface area contributed by atoms with Gasteiger partial charge in [0.1, 0.15) is 22.1 Å². The second-order valence-electron chi connectivity index (χ2n) is 7.17. The second-order valence-corrected chi connectivity index (χ2v) is 7.17. The molecule has 4 rings (SSSR count). The number of aromatic nitrogens is 6. The maximum atomic E-state index is 4.16. The number of para-hydroxylation sites is 1. The van der Waals surface area contributed by atoms with Crippen molar-refractivity contribution in [1.29, 1.82) is 0 Å². The molecule has 0 aliphatic rings. The van der Waals surface area contributed by atoms with E-state index in [0.717, 1.165) is 34.9 Å². The molecule has 2 aromatic heterocycles. The SMILES string of the molecule is CCCCCc1ccc2n[nH]nc2c1.CCCCCc1cccc2n[nH]nc12. The molecule has 0 aliphatic carbocycles. The number of nitrogens with zero attached hydrogens (tertiary/aromatic N) is 4. The molecule has 0 radical (unpaired) electrons. The lowest BCUT2D eigenvalue weighted by molar-refractivity contribution is 0.718. The highest BCUT2D eigenvalue weighted by molar-refractivity contribution is 5.77. The minimum atomic E-state index is 0.948. The van der Waals surface area contributed by atoms with Gasteiger partial charge in [0.05, 0.1) is 0 Å². The molecule has 0 amide bonds. The van der Waals surface area contributed by atoms with Crippen molar-refractivity contribution in [3.05, 3.63) is 47.5 Å². The molecular formula is C22H30N6. The normalized spacial score (nSPS) is 10.9. The first-order valence-corrected chi connectivity index (χ1v) is 10.4. The van der Waals surface area contributed by atoms with Crippen molar-refractivity contribution in [3.8, 4) is 0 Å². The van der Waals surface area contributed by atoms with Crippen molar-refractivity contribution in [2.24, 2.45) is 0 Å². The van der Waals surface area contributed by atoms with Crippen LogP contribution in [0, 0.1) is 0 Å². The molecule has 2 aromatic carbocycles. The Morgan fingerprint density at radius 1 is 0.679 bits per heavy atom. The van der Waals surface area contributed by atoms with Gasteiger partial charge >= 0.3 is 0 Å². The fourth-order valence-electron chi connectivity index (χ4n) is 3.31. The number of H-pyrrole nitrogens is 2. The number of nitrogens with one attached hydrogen (secondary N) is 2. The molecule has 0 spiro atoms. The predicted molar refractivity (Wildman–Crippen MR) is 114 cm³/mol. The molecule has 0 bridgehead atoms. The summed E-state index contributed by atoms with van der Waals surface area (Å²) in [6, 6.07) is 12.5. The molecule has 6 nitrogen and oxygen atoms in total. The predicted octanol–water partition coefficient (Wildman–Crippen LogP) is 5.38. The highest BCUT2D eigenvalue weighted by Gasteiger charge is 2.03. The van der Waals surface area contributed by atoms with Crippen molar-refractivity contribution in [2.45, 2.75) is 65.2 Å². The Balaban J connectivity index is 0.000000161. The Morgan fingerprint density at radius 3 is 2.21 bits per heavy atom. The zero-order valence-corrected chi connectivity index (χ0v) is 16.9. The molecule has 0 atom stereocenters. The summed E-state index contributed by atoms with van der Waals surface area (Å²) in [4.78, 5) is 0. The Bertz CT molecular complexity index is 970. The van der Waals surface area contributed by atoms with E-state index in [-0.39, 0.29) is 0 Å². The van der Waals surface area contributed by atoms with Crippen molar-refractivity contribution in [1.82, 2.24) is 30.8 Å². The fourth-order valence-corrected chi connectivity index (χ4v) is 3.31. The highest BCUT2D eigenvalue weighted by Crippen LogP contribution is 2.16. The molecule has 2 heterocycles. The summed E-state index contributed by atoms with van der Waals surface area (Å²) in [5, 5.41) is 21.6. The summed E-state index contributed by atoms with van der Waals surface area (Å²) in [6.07, 6.45) is 9.88. The zero-order chi connectivity index (χ0) is 19.6. The van der Waals surface area contributed by atoms with E-state index in [0.29, 0.717) is 0 Å². The van der Waals surface area contributed by atoms with Gasteiger partial charge in [-0.05, 0) is 55.0 Å². The molecule has 0 unspecified atom stereocenters. The number of aryl methyl sites for hydroxylation is 2. The van der Waals surface area contributed by atoms with E-state index in [4.69, 9.17) is 0 Å². The van der Waals surface area contributed by atoms with E-state index in [1.54, 1.807) is 0 Å². The number of rotatable bonds is 8. The maximum Gasteiger partial charge on any atom is 0.116 e. The smallest absolute Gasteiger partial charge is 0.116 e. The van der Waals surface area contributed by atoms with Crippen molar-refractivity contribution < 1.29 is 0 Å². The van der Waals surface area contributed by atoms with Gasteiger partial charge in [-0.3, -0.25) is 0 Å². The Morgan fingerprint density at radius 2 is 1.39 bits per heavy atom. The Kier molecular flexibility index (Phi) is 7.53. The molecular weight excluding hydrogens is 348 g/mol. The molecule has 4 aromatic rings. The third-order valence-corrected chi connectivity index (χ3v) is 4.93. The van der Waals surface area contributed by atoms with E-state index in [9.17, 15) is 0 Å². The molecule has 0 saturated heterocycles. The zero-order valence-electron chi connectivity index (χ0n) is 16.9. The Hall–Kier alpha value is -2.76. The standard InChI is InChI=1S/2C11H15N3/c1-2-3-4-6-9-7-5-8-10-11(9)13-14-12-10;1-2-3-4-5-9-6-7-10-11(8-9)13-14-12-10/h5,7-8H,2-4,6H2,1H3,(H,12,13,14);6-8H,2-5H2,1H3,(H,12,13,14). The summed E-state index contributed by atoms with van der Waals surface area (Å²) >= 11 is 0. The van der Waals surface area contributed by atoms with Crippen LogP contribution in [0.15, 0.2) is 36.4 Å². The first kappa shape index (κ1) is 20.0. The maximum absolute atomic E-state index is 4.16. The number of aromatic amines is 2. The monoisotopic (exact) mass is 378 g/mol. The van der Waals surface area contributed by atoms with Gasteiger partial charge in [0.2, 0.25) is 0 Å². The number of hydrogen-bond acceptors (Lipinski definition) is 4. The van der Waals surface area contributed by atoms with Crippen molar-refractivity contribution >= 4 is 22.1 Å². The van der Waals surface area contributed by atoms with Gasteiger partial charge in [0.25, 0.3) is 0 Å². The lowest BCUT2D eigenvalue weighted by Crippen LogP contribution is -1.87. The molecule has 6 heteroatoms. The van der Waals surface area contributed by atoms with Gasteiger partial charge in [0, 0.05) is 0 Å². The van der Waals surface area contributed by atoms with E-state index < -0.39 is 0 Å². The van der Waals surface area contributed by atoms with Gasteiger partial charge in [-0.1, -0.05) is 57.7 Å². The van der Waals surface area contributed by atoms with Crippen LogP contribution in [0.2, 0.25) is 0 Å². The number of benzene rings is 2. The molecule has 2 N–H and O–H groups in total. The summed E-state index contributed by atoms with van der Waals surface area (Å²) < 4.78 is 0. The van der Waals surface area contributed by atoms with Crippen LogP contribution in [0.1, 0.15) is 63.5 Å². The fraction of sp³-hybridized carbons (Fsp3) is 0.455. The van der Waals surface area contributed by atoms with Gasteiger partial charge in [-0.15, -0.1) is 0 Å². The van der Waals surface area contributed by atoms with Crippen molar-refractivity contribution in [2.75, 3.05) is 0 Å². The molecule has 0 saturated carbocycles. The minimum Gasteiger partial charge on any atom is -0.197 e. The van der Waals surface area contributed by atoms with Crippen LogP contribution in [0.5, 0.6) is 0 Å². The topological polar surface area (TPSA) is 83.1 Å². The van der Waals surface area contributed by atoms with Crippen LogP contribution in [0.3, 0.4) is 0 Å². The van der Waals surface area contributed by atoms with Crippen LogP contribution < -0.4 is 0 Å². The number of unbranched alkanes of at least 4 members (excludes halogenated alkanes) is 4. The van der Waals surface area contributed by atoms with Crippen LogP contribution >= 0.6 is 0 Å². The van der Waals surface area contributed by atoms with Crippen LogP contribution in [0.25, 0.3) is 22.1 Å². The van der Waals surface area contributed by atoms with Gasteiger partial charge in [-0.2, -0.15) is 30.8 Å². The lowest BCUT2D eigenvalue weighted by atomic mass is 10.1. The first-order valence-electron chi connectivity index (χ1n) is 10.4. The summed E-state index contributed by atoms with van der Waals surface area (Å²) in [5.41, 5.74) is 6.59. The number of hydrogen-bond donors (Lipinski definition) is 2. The largest absolute Gasteiger partial charge is 0.197 e. The summed E-state index contributed by atoms with van der Waals surface area (Å²) in [7, 11) is 0. The van der Waals surface area contributed by atoms with E-state index in [1.807, 2.05) is 18.2 Å². The van der Waals surface area contributed by atoms with Crippen LogP contribution in [0.4, 0.5) is 0 Å². The molecule has 28 heavy (non-hydrogen) atoms. The second kappa shape index (κ2) is 10.5. The molecule has 148 valence electrons. The molecule has 0 aliphatic heterocycles. The van der Waals surface area contributed by atoms with E-state index in [1.165, 1.54) is 49.7 Å². The quantitative estimate of drug-likeness (QED) is 0.403. The average Bonchev–Trinajstić information content (AvgIpc) is 3.38. The van der Waals surface area contributed by atoms with Crippen LogP contribution in [-0.4, -0.2) is 30.8 Å². The van der Waals surface area contributed by atoms with E-state index >= 15 is 0 Å². The lowest BCUT2D eigenvalue weighted by Gasteiger charge is -2.00. The van der Waals surface area contributed by atoms with Crippen molar-refractivity contribution in [3.63, 3.8) is 0 Å². The third kappa shape index (κ3) is 5.38. The first-order chi connectivity index (χ1) is 13.8. The average molecular weight is 379 g/mol. The number of fused-ring (bicyclic) bond motifs is 2. The van der Waals surface area contributed by atoms with Gasteiger partial charge in [0.15, 0.2) is 0 Å². The minimum absolute atomic E-state index is 0.948. The summed E-state index contributed by atoms with van der Waals surface area (Å²) in [5.74, 6) is 0. The van der Waals surface area contributed by atoms with E-state index in [2.05, 4.69) is 62.9 Å². The Labute approximate surface area is 166 Å². The van der Waals surface area contributed by atoms with Crippen LogP contribution in [-0.2, 0) is 12.8 Å². The summed E-state index contributed by atoms with van der Waals surface area (Å²) in [6.45, 7) is 4.44. The van der Waals surface area contributed by atoms with Gasteiger partial charge < -0.3 is 0 Å². The van der Waals surface area contributed by atoms with Gasteiger partial charge in [-0.25, -0.2) is 0 Å². The highest BCUT2D eigenvalue weighted by atomic mass is 15.3. The molecule has 0 fully saturated rings.